The van der Waals surface area contributed by atoms with Crippen LogP contribution in [-0.4, -0.2) is 0 Å². The van der Waals surface area contributed by atoms with Crippen LogP contribution in [0.25, 0.3) is 0 Å². The molecule has 0 fully saturated rings. The van der Waals surface area contributed by atoms with Gasteiger partial charge in [-0.15, -0.1) is 6.58 Å². The molecule has 0 amide bonds. The van der Waals surface area contributed by atoms with E-state index in [9.17, 15) is 5.21 Å². The number of ether oxygens (including phenoxy) is 1. The quantitative estimate of drug-likeness (QED) is 0.457. The van der Waals surface area contributed by atoms with E-state index in [1.54, 1.807) is 18.2 Å². The molecule has 3 heteroatoms. The van der Waals surface area contributed by atoms with Crippen LogP contribution in [0.3, 0.4) is 0 Å². The lowest BCUT2D eigenvalue weighted by Gasteiger charge is -2.09. The largest absolute Gasteiger partial charge is 0.618 e. The van der Waals surface area contributed by atoms with Gasteiger partial charge in [-0.05, 0) is 18.2 Å². The first-order valence-corrected chi connectivity index (χ1v) is 5.36. The van der Waals surface area contributed by atoms with Crippen molar-refractivity contribution in [3.05, 3.63) is 72.2 Å². The fraction of sp³-hybridized carbons (Fsp3) is 0.0714. The summed E-state index contributed by atoms with van der Waals surface area (Å²) < 4.78 is 6.48. The van der Waals surface area contributed by atoms with Gasteiger partial charge in [0, 0.05) is 6.07 Å². The maximum Gasteiger partial charge on any atom is 0.239 e. The Labute approximate surface area is 100 Å². The van der Waals surface area contributed by atoms with Crippen molar-refractivity contribution in [3.63, 3.8) is 0 Å². The third-order valence-electron chi connectivity index (χ3n) is 2.33. The number of hydrogen-bond acceptors (Lipinski definition) is 2. The molecule has 1 aromatic heterocycles. The topological polar surface area (TPSA) is 36.2 Å². The molecule has 0 aliphatic rings. The molecule has 0 radical (unpaired) electrons. The van der Waals surface area contributed by atoms with Crippen molar-refractivity contribution in [2.75, 3.05) is 0 Å². The Balaban J connectivity index is 2.32. The maximum atomic E-state index is 11.6. The van der Waals surface area contributed by atoms with Crippen LogP contribution >= 0.6 is 0 Å². The zero-order valence-electron chi connectivity index (χ0n) is 9.37. The second kappa shape index (κ2) is 5.16. The summed E-state index contributed by atoms with van der Waals surface area (Å²) in [6.07, 6.45) is 3.62. The van der Waals surface area contributed by atoms with E-state index in [0.29, 0.717) is 23.6 Å². The van der Waals surface area contributed by atoms with Gasteiger partial charge in [0.1, 0.15) is 5.75 Å². The van der Waals surface area contributed by atoms with Crippen molar-refractivity contribution >= 4 is 0 Å². The molecule has 0 atom stereocenters. The van der Waals surface area contributed by atoms with Crippen LogP contribution in [-0.2, 0) is 6.42 Å². The molecule has 0 aliphatic carbocycles. The second-order valence-electron chi connectivity index (χ2n) is 3.55. The summed E-state index contributed by atoms with van der Waals surface area (Å²) in [6, 6.07) is 12.8. The van der Waals surface area contributed by atoms with E-state index in [0.717, 1.165) is 4.73 Å². The third kappa shape index (κ3) is 2.64. The molecule has 0 spiro atoms. The molecule has 0 saturated heterocycles. The standard InChI is InChI=1S/C14H13NO2/c1-2-7-13-14(10-6-11-15(13)16)17-12-8-4-3-5-9-12/h2-6,8-11H,1,7H2. The number of para-hydroxylation sites is 1. The van der Waals surface area contributed by atoms with Crippen molar-refractivity contribution < 1.29 is 9.47 Å². The molecule has 2 aromatic rings. The number of nitrogens with zero attached hydrogens (tertiary/aromatic N) is 1. The average molecular weight is 227 g/mol. The molecular weight excluding hydrogens is 214 g/mol. The minimum atomic E-state index is 0.479. The molecule has 1 heterocycles. The van der Waals surface area contributed by atoms with Gasteiger partial charge in [-0.3, -0.25) is 0 Å². The van der Waals surface area contributed by atoms with E-state index >= 15 is 0 Å². The summed E-state index contributed by atoms with van der Waals surface area (Å²) in [5, 5.41) is 11.6. The van der Waals surface area contributed by atoms with Crippen LogP contribution in [0.2, 0.25) is 0 Å². The van der Waals surface area contributed by atoms with E-state index in [2.05, 4.69) is 6.58 Å². The summed E-state index contributed by atoms with van der Waals surface area (Å²) in [5.74, 6) is 1.28. The molecule has 0 saturated carbocycles. The molecule has 86 valence electrons. The summed E-state index contributed by atoms with van der Waals surface area (Å²) in [4.78, 5) is 0. The molecule has 0 unspecified atom stereocenters. The Bertz CT molecular complexity index is 509. The highest BCUT2D eigenvalue weighted by Crippen LogP contribution is 2.23. The van der Waals surface area contributed by atoms with Crippen LogP contribution < -0.4 is 9.47 Å². The fourth-order valence-electron chi connectivity index (χ4n) is 1.54. The monoisotopic (exact) mass is 227 g/mol. The fourth-order valence-corrected chi connectivity index (χ4v) is 1.54. The Morgan fingerprint density at radius 3 is 2.65 bits per heavy atom. The Morgan fingerprint density at radius 1 is 1.18 bits per heavy atom. The number of rotatable bonds is 4. The van der Waals surface area contributed by atoms with E-state index in [4.69, 9.17) is 4.74 Å². The van der Waals surface area contributed by atoms with Crippen LogP contribution in [0.15, 0.2) is 61.3 Å². The average Bonchev–Trinajstić information content (AvgIpc) is 2.35. The molecule has 2 rings (SSSR count). The summed E-state index contributed by atoms with van der Waals surface area (Å²) >= 11 is 0. The zero-order valence-corrected chi connectivity index (χ0v) is 9.37. The van der Waals surface area contributed by atoms with Gasteiger partial charge in [-0.2, -0.15) is 4.73 Å². The smallest absolute Gasteiger partial charge is 0.239 e. The van der Waals surface area contributed by atoms with Crippen LogP contribution in [0.5, 0.6) is 11.5 Å². The lowest BCUT2D eigenvalue weighted by molar-refractivity contribution is -0.613. The molecule has 0 N–H and O–H groups in total. The predicted octanol–water partition coefficient (Wildman–Crippen LogP) is 2.84. The maximum absolute atomic E-state index is 11.6. The SMILES string of the molecule is C=CCc1c(Oc2ccccc2)ccc[n+]1[O-]. The van der Waals surface area contributed by atoms with Crippen LogP contribution in [0.4, 0.5) is 0 Å². The predicted molar refractivity (Wildman–Crippen MR) is 65.8 cm³/mol. The number of aromatic nitrogens is 1. The lowest BCUT2D eigenvalue weighted by atomic mass is 10.2. The first kappa shape index (κ1) is 11.2. The number of allylic oxidation sites excluding steroid dienone is 1. The highest BCUT2D eigenvalue weighted by Gasteiger charge is 2.12. The minimum absolute atomic E-state index is 0.479. The third-order valence-corrected chi connectivity index (χ3v) is 2.33. The molecule has 3 nitrogen and oxygen atoms in total. The van der Waals surface area contributed by atoms with Gasteiger partial charge in [0.2, 0.25) is 5.69 Å². The molecule has 1 aromatic carbocycles. The molecule has 17 heavy (non-hydrogen) atoms. The van der Waals surface area contributed by atoms with Crippen LogP contribution in [0, 0.1) is 5.21 Å². The van der Waals surface area contributed by atoms with Gasteiger partial charge < -0.3 is 9.94 Å². The Morgan fingerprint density at radius 2 is 1.94 bits per heavy atom. The van der Waals surface area contributed by atoms with Crippen molar-refractivity contribution in [2.45, 2.75) is 6.42 Å². The lowest BCUT2D eigenvalue weighted by Crippen LogP contribution is -2.31. The number of benzene rings is 1. The first-order valence-electron chi connectivity index (χ1n) is 5.36. The van der Waals surface area contributed by atoms with Gasteiger partial charge in [-0.1, -0.05) is 24.3 Å². The van der Waals surface area contributed by atoms with Crippen molar-refractivity contribution in [3.8, 4) is 11.5 Å². The summed E-state index contributed by atoms with van der Waals surface area (Å²) in [7, 11) is 0. The minimum Gasteiger partial charge on any atom is -0.618 e. The molecule has 0 bridgehead atoms. The van der Waals surface area contributed by atoms with Crippen molar-refractivity contribution in [2.24, 2.45) is 0 Å². The van der Waals surface area contributed by atoms with E-state index in [1.807, 2.05) is 30.3 Å². The number of pyridine rings is 1. The van der Waals surface area contributed by atoms with Gasteiger partial charge in [0.15, 0.2) is 11.9 Å². The van der Waals surface area contributed by atoms with Gasteiger partial charge in [-0.25, -0.2) is 0 Å². The van der Waals surface area contributed by atoms with Gasteiger partial charge in [0.05, 0.1) is 6.42 Å². The highest BCUT2D eigenvalue weighted by molar-refractivity contribution is 5.32. The zero-order chi connectivity index (χ0) is 12.1. The van der Waals surface area contributed by atoms with E-state index in [-0.39, 0.29) is 0 Å². The molecular formula is C14H13NO2. The highest BCUT2D eigenvalue weighted by atomic mass is 16.5. The molecule has 0 aliphatic heterocycles. The summed E-state index contributed by atoms with van der Waals surface area (Å²) in [6.45, 7) is 3.64. The van der Waals surface area contributed by atoms with Crippen molar-refractivity contribution in [1.82, 2.24) is 0 Å². The normalized spacial score (nSPS) is 9.88. The Hall–Kier alpha value is -2.29. The van der Waals surface area contributed by atoms with E-state index < -0.39 is 0 Å². The summed E-state index contributed by atoms with van der Waals surface area (Å²) in [5.41, 5.74) is 0.561. The van der Waals surface area contributed by atoms with Gasteiger partial charge >= 0.3 is 0 Å². The van der Waals surface area contributed by atoms with Gasteiger partial charge in [0.25, 0.3) is 0 Å². The number of hydrogen-bond donors (Lipinski definition) is 0. The second-order valence-corrected chi connectivity index (χ2v) is 3.55. The first-order chi connectivity index (χ1) is 8.31. The van der Waals surface area contributed by atoms with Crippen molar-refractivity contribution in [1.29, 1.82) is 0 Å². The Kier molecular flexibility index (Phi) is 3.40. The van der Waals surface area contributed by atoms with E-state index in [1.165, 1.54) is 6.20 Å². The van der Waals surface area contributed by atoms with Crippen LogP contribution in [0.1, 0.15) is 5.69 Å².